The molecule has 0 aliphatic heterocycles. The summed E-state index contributed by atoms with van der Waals surface area (Å²) in [6.07, 6.45) is 0.0237. The maximum Gasteiger partial charge on any atom is 0.226 e. The van der Waals surface area contributed by atoms with Crippen LogP contribution in [-0.2, 0) is 9.59 Å². The molecular weight excluding hydrogens is 309 g/mol. The van der Waals surface area contributed by atoms with Crippen LogP contribution in [0, 0.1) is 17.1 Å². The summed E-state index contributed by atoms with van der Waals surface area (Å²) in [7, 11) is 0. The average Bonchev–Trinajstić information content (AvgIpc) is 2.55. The van der Waals surface area contributed by atoms with Crippen LogP contribution in [0.4, 0.5) is 15.8 Å². The van der Waals surface area contributed by atoms with Gasteiger partial charge in [0.05, 0.1) is 11.3 Å². The van der Waals surface area contributed by atoms with Crippen molar-refractivity contribution in [1.29, 1.82) is 5.26 Å². The standard InChI is InChI=1S/C18H16FN3O2/c1-13(23)22(16-7-4-6-15(19)11-16)10-9-18(24)21-17-8-3-2-5-14(17)12-20/h2-8,11H,9-10H2,1H3,(H,21,24). The molecule has 0 aliphatic carbocycles. The summed E-state index contributed by atoms with van der Waals surface area (Å²) in [5, 5.41) is 11.7. The molecule has 0 saturated carbocycles. The molecule has 0 bridgehead atoms. The summed E-state index contributed by atoms with van der Waals surface area (Å²) in [5.74, 6) is -1.07. The second-order valence-corrected chi connectivity index (χ2v) is 5.11. The van der Waals surface area contributed by atoms with Crippen LogP contribution in [0.15, 0.2) is 48.5 Å². The molecule has 2 rings (SSSR count). The van der Waals surface area contributed by atoms with Gasteiger partial charge in [0.2, 0.25) is 11.8 Å². The van der Waals surface area contributed by atoms with E-state index in [2.05, 4.69) is 5.32 Å². The van der Waals surface area contributed by atoms with E-state index in [1.807, 2.05) is 6.07 Å². The first kappa shape index (κ1) is 17.2. The number of rotatable bonds is 5. The van der Waals surface area contributed by atoms with Crippen LogP contribution in [0.2, 0.25) is 0 Å². The molecule has 0 unspecified atom stereocenters. The van der Waals surface area contributed by atoms with E-state index in [1.54, 1.807) is 30.3 Å². The van der Waals surface area contributed by atoms with Gasteiger partial charge in [0.15, 0.2) is 0 Å². The van der Waals surface area contributed by atoms with Gasteiger partial charge in [-0.1, -0.05) is 18.2 Å². The van der Waals surface area contributed by atoms with Gasteiger partial charge < -0.3 is 10.2 Å². The van der Waals surface area contributed by atoms with Gasteiger partial charge in [-0.05, 0) is 30.3 Å². The minimum atomic E-state index is -0.453. The number of carbonyl (C=O) groups is 2. The highest BCUT2D eigenvalue weighted by atomic mass is 19.1. The third-order valence-electron chi connectivity index (χ3n) is 3.38. The van der Waals surface area contributed by atoms with Gasteiger partial charge >= 0.3 is 0 Å². The lowest BCUT2D eigenvalue weighted by atomic mass is 10.2. The predicted molar refractivity (Wildman–Crippen MR) is 88.8 cm³/mol. The van der Waals surface area contributed by atoms with Gasteiger partial charge in [0.1, 0.15) is 11.9 Å². The molecule has 0 fully saturated rings. The lowest BCUT2D eigenvalue weighted by Crippen LogP contribution is -2.32. The molecule has 0 atom stereocenters. The molecule has 5 nitrogen and oxygen atoms in total. The Hall–Kier alpha value is -3.20. The summed E-state index contributed by atoms with van der Waals surface area (Å²) in [4.78, 5) is 25.2. The van der Waals surface area contributed by atoms with Crippen LogP contribution in [0.25, 0.3) is 0 Å². The minimum Gasteiger partial charge on any atom is -0.325 e. The van der Waals surface area contributed by atoms with E-state index in [-0.39, 0.29) is 24.8 Å². The van der Waals surface area contributed by atoms with E-state index >= 15 is 0 Å². The van der Waals surface area contributed by atoms with Crippen LogP contribution < -0.4 is 10.2 Å². The van der Waals surface area contributed by atoms with Crippen molar-refractivity contribution in [3.8, 4) is 6.07 Å². The molecular formula is C18H16FN3O2. The van der Waals surface area contributed by atoms with Crippen molar-refractivity contribution in [2.45, 2.75) is 13.3 Å². The molecule has 122 valence electrons. The first-order valence-corrected chi connectivity index (χ1v) is 7.34. The highest BCUT2D eigenvalue weighted by Crippen LogP contribution is 2.17. The smallest absolute Gasteiger partial charge is 0.226 e. The van der Waals surface area contributed by atoms with E-state index in [9.17, 15) is 14.0 Å². The molecule has 2 aromatic rings. The van der Waals surface area contributed by atoms with Gasteiger partial charge in [0, 0.05) is 25.6 Å². The number of nitrogens with one attached hydrogen (secondary N) is 1. The minimum absolute atomic E-state index is 0.0237. The molecule has 2 aromatic carbocycles. The Kier molecular flexibility index (Phi) is 5.63. The lowest BCUT2D eigenvalue weighted by molar-refractivity contribution is -0.117. The van der Waals surface area contributed by atoms with Gasteiger partial charge in [-0.15, -0.1) is 0 Å². The molecule has 1 N–H and O–H groups in total. The zero-order chi connectivity index (χ0) is 17.5. The van der Waals surface area contributed by atoms with Gasteiger partial charge in [-0.3, -0.25) is 9.59 Å². The molecule has 0 saturated heterocycles. The monoisotopic (exact) mass is 325 g/mol. The van der Waals surface area contributed by atoms with Crippen molar-refractivity contribution in [3.63, 3.8) is 0 Å². The van der Waals surface area contributed by atoms with Gasteiger partial charge in [0.25, 0.3) is 0 Å². The molecule has 0 aliphatic rings. The highest BCUT2D eigenvalue weighted by molar-refractivity contribution is 5.95. The molecule has 0 radical (unpaired) electrons. The molecule has 0 spiro atoms. The normalized spacial score (nSPS) is 9.88. The number of amides is 2. The molecule has 0 heterocycles. The highest BCUT2D eigenvalue weighted by Gasteiger charge is 2.14. The topological polar surface area (TPSA) is 73.2 Å². The maximum absolute atomic E-state index is 13.3. The summed E-state index contributed by atoms with van der Waals surface area (Å²) in [5.41, 5.74) is 1.18. The van der Waals surface area contributed by atoms with Crippen LogP contribution in [0.3, 0.4) is 0 Å². The van der Waals surface area contributed by atoms with Gasteiger partial charge in [-0.2, -0.15) is 5.26 Å². The fraction of sp³-hybridized carbons (Fsp3) is 0.167. The van der Waals surface area contributed by atoms with E-state index in [0.717, 1.165) is 0 Å². The third kappa shape index (κ3) is 4.40. The summed E-state index contributed by atoms with van der Waals surface area (Å²) >= 11 is 0. The van der Waals surface area contributed by atoms with Crippen molar-refractivity contribution in [3.05, 3.63) is 59.9 Å². The molecule has 0 aromatic heterocycles. The van der Waals surface area contributed by atoms with E-state index < -0.39 is 5.82 Å². The SMILES string of the molecule is CC(=O)N(CCC(=O)Nc1ccccc1C#N)c1cccc(F)c1. The number of benzene rings is 2. The number of nitriles is 1. The zero-order valence-corrected chi connectivity index (χ0v) is 13.1. The third-order valence-corrected chi connectivity index (χ3v) is 3.38. The van der Waals surface area contributed by atoms with Crippen molar-refractivity contribution in [2.75, 3.05) is 16.8 Å². The summed E-state index contributed by atoms with van der Waals surface area (Å²) in [6, 6.07) is 14.3. The predicted octanol–water partition coefficient (Wildman–Crippen LogP) is 3.08. The van der Waals surface area contributed by atoms with Crippen molar-refractivity contribution >= 4 is 23.2 Å². The molecule has 24 heavy (non-hydrogen) atoms. The fourth-order valence-corrected chi connectivity index (χ4v) is 2.23. The summed E-state index contributed by atoms with van der Waals surface area (Å²) in [6.45, 7) is 1.47. The lowest BCUT2D eigenvalue weighted by Gasteiger charge is -2.21. The number of hydrogen-bond donors (Lipinski definition) is 1. The molecule has 6 heteroatoms. The summed E-state index contributed by atoms with van der Waals surface area (Å²) < 4.78 is 13.3. The van der Waals surface area contributed by atoms with Crippen LogP contribution >= 0.6 is 0 Å². The Balaban J connectivity index is 2.03. The largest absolute Gasteiger partial charge is 0.325 e. The van der Waals surface area contributed by atoms with Crippen LogP contribution in [-0.4, -0.2) is 18.4 Å². The first-order valence-electron chi connectivity index (χ1n) is 7.34. The Bertz CT molecular complexity index is 799. The number of hydrogen-bond acceptors (Lipinski definition) is 3. The van der Waals surface area contributed by atoms with E-state index in [4.69, 9.17) is 5.26 Å². The van der Waals surface area contributed by atoms with Crippen LogP contribution in [0.5, 0.6) is 0 Å². The van der Waals surface area contributed by atoms with Crippen LogP contribution in [0.1, 0.15) is 18.9 Å². The Morgan fingerprint density at radius 1 is 1.21 bits per heavy atom. The quantitative estimate of drug-likeness (QED) is 0.918. The number of para-hydroxylation sites is 1. The Labute approximate surface area is 139 Å². The fourth-order valence-electron chi connectivity index (χ4n) is 2.23. The Morgan fingerprint density at radius 3 is 2.62 bits per heavy atom. The first-order chi connectivity index (χ1) is 11.5. The molecule has 2 amide bonds. The Morgan fingerprint density at radius 2 is 1.96 bits per heavy atom. The number of carbonyl (C=O) groups excluding carboxylic acids is 2. The van der Waals surface area contributed by atoms with Crippen molar-refractivity contribution in [1.82, 2.24) is 0 Å². The van der Waals surface area contributed by atoms with Gasteiger partial charge in [-0.25, -0.2) is 4.39 Å². The van der Waals surface area contributed by atoms with Crippen molar-refractivity contribution in [2.24, 2.45) is 0 Å². The van der Waals surface area contributed by atoms with E-state index in [1.165, 1.54) is 30.0 Å². The average molecular weight is 325 g/mol. The van der Waals surface area contributed by atoms with E-state index in [0.29, 0.717) is 16.9 Å². The zero-order valence-electron chi connectivity index (χ0n) is 13.1. The van der Waals surface area contributed by atoms with Crippen molar-refractivity contribution < 1.29 is 14.0 Å². The second kappa shape index (κ2) is 7.88. The number of nitrogens with zero attached hydrogens (tertiary/aromatic N) is 2. The maximum atomic E-state index is 13.3. The number of anilines is 2. The second-order valence-electron chi connectivity index (χ2n) is 5.11. The number of halogens is 1.